The van der Waals surface area contributed by atoms with Crippen LogP contribution in [-0.4, -0.2) is 52.0 Å². The first-order valence-corrected chi connectivity index (χ1v) is 8.81. The zero-order valence-electron chi connectivity index (χ0n) is 12.4. The Bertz CT molecular complexity index is 807. The first-order valence-electron chi connectivity index (χ1n) is 6.92. The number of rotatable bonds is 3. The molecule has 0 aliphatic carbocycles. The average Bonchev–Trinajstić information content (AvgIpc) is 3.16. The molecule has 2 aromatic heterocycles. The molecule has 3 rings (SSSR count). The Hall–Kier alpha value is -2.16. The summed E-state index contributed by atoms with van der Waals surface area (Å²) >= 11 is 0. The second-order valence-electron chi connectivity index (χ2n) is 5.45. The summed E-state index contributed by atoms with van der Waals surface area (Å²) < 4.78 is 25.3. The third-order valence-corrected chi connectivity index (χ3v) is 4.94. The van der Waals surface area contributed by atoms with Gasteiger partial charge in [0.05, 0.1) is 17.9 Å². The fraction of sp³-hybridized carbons (Fsp3) is 0.462. The van der Waals surface area contributed by atoms with Crippen LogP contribution in [0.5, 0.6) is 0 Å². The minimum Gasteiger partial charge on any atom is -0.329 e. The number of carbonyl (C=O) groups excluding carboxylic acids is 1. The van der Waals surface area contributed by atoms with Crippen molar-refractivity contribution in [1.82, 2.24) is 24.9 Å². The molecule has 3 heterocycles. The van der Waals surface area contributed by atoms with E-state index in [0.717, 1.165) is 12.7 Å². The minimum absolute atomic E-state index is 0.151. The Morgan fingerprint density at radius 2 is 2.23 bits per heavy atom. The van der Waals surface area contributed by atoms with Crippen molar-refractivity contribution in [2.24, 2.45) is 7.05 Å². The summed E-state index contributed by atoms with van der Waals surface area (Å²) in [5, 5.41) is 10.7. The van der Waals surface area contributed by atoms with Crippen LogP contribution in [0.15, 0.2) is 23.4 Å². The van der Waals surface area contributed by atoms with Crippen molar-refractivity contribution >= 4 is 15.7 Å². The summed E-state index contributed by atoms with van der Waals surface area (Å²) in [7, 11) is -1.64. The molecule has 22 heavy (non-hydrogen) atoms. The van der Waals surface area contributed by atoms with E-state index in [2.05, 4.69) is 15.3 Å². The van der Waals surface area contributed by atoms with Gasteiger partial charge in [0.25, 0.3) is 5.91 Å². The molecule has 1 atom stereocenters. The molecule has 0 unspecified atom stereocenters. The molecule has 0 radical (unpaired) electrons. The number of aryl methyl sites for hydroxylation is 1. The maximum atomic E-state index is 12.6. The summed E-state index contributed by atoms with van der Waals surface area (Å²) in [6.07, 6.45) is 5.65. The van der Waals surface area contributed by atoms with Gasteiger partial charge in [0.1, 0.15) is 10.6 Å². The number of hydrogen-bond acceptors (Lipinski definition) is 5. The van der Waals surface area contributed by atoms with E-state index in [-0.39, 0.29) is 16.8 Å². The van der Waals surface area contributed by atoms with E-state index in [1.807, 2.05) is 0 Å². The summed E-state index contributed by atoms with van der Waals surface area (Å²) in [4.78, 5) is 14.4. The van der Waals surface area contributed by atoms with Crippen molar-refractivity contribution in [3.05, 3.63) is 29.8 Å². The normalized spacial score (nSPS) is 18.8. The van der Waals surface area contributed by atoms with Gasteiger partial charge in [0, 0.05) is 26.0 Å². The van der Waals surface area contributed by atoms with Crippen molar-refractivity contribution in [2.75, 3.05) is 12.8 Å². The van der Waals surface area contributed by atoms with Gasteiger partial charge >= 0.3 is 0 Å². The number of H-pyrrole nitrogens is 1. The van der Waals surface area contributed by atoms with Crippen LogP contribution in [0.2, 0.25) is 0 Å². The zero-order valence-corrected chi connectivity index (χ0v) is 13.2. The number of nitrogens with zero attached hydrogens (tertiary/aromatic N) is 4. The van der Waals surface area contributed by atoms with Gasteiger partial charge in [0.2, 0.25) is 0 Å². The molecular formula is C13H17N5O3S. The van der Waals surface area contributed by atoms with Gasteiger partial charge in [-0.3, -0.25) is 14.6 Å². The van der Waals surface area contributed by atoms with Crippen LogP contribution in [0.4, 0.5) is 0 Å². The number of carbonyl (C=O) groups is 1. The van der Waals surface area contributed by atoms with Gasteiger partial charge in [-0.1, -0.05) is 0 Å². The van der Waals surface area contributed by atoms with Crippen molar-refractivity contribution in [1.29, 1.82) is 0 Å². The molecule has 1 amide bonds. The minimum atomic E-state index is -3.39. The molecule has 0 saturated carbocycles. The van der Waals surface area contributed by atoms with Crippen molar-refractivity contribution in [2.45, 2.75) is 23.8 Å². The standard InChI is InChI=1S/C13H17N5O3S/c1-17-7-5-9(16-17)13(19)18-6-3-4-10(18)12-11(8-14-15-12)22(2,20)21/h5,7-8,10H,3-4,6H2,1-2H3,(H,14,15)/t10-/m1/s1. The first-order chi connectivity index (χ1) is 10.4. The molecule has 0 bridgehead atoms. The summed E-state index contributed by atoms with van der Waals surface area (Å²) in [5.74, 6) is -0.197. The predicted molar refractivity (Wildman–Crippen MR) is 77.9 cm³/mol. The maximum absolute atomic E-state index is 12.6. The lowest BCUT2D eigenvalue weighted by Gasteiger charge is -2.23. The van der Waals surface area contributed by atoms with E-state index < -0.39 is 9.84 Å². The van der Waals surface area contributed by atoms with Gasteiger partial charge in [-0.15, -0.1) is 0 Å². The highest BCUT2D eigenvalue weighted by Gasteiger charge is 2.35. The monoisotopic (exact) mass is 323 g/mol. The van der Waals surface area contributed by atoms with Crippen LogP contribution in [-0.2, 0) is 16.9 Å². The summed E-state index contributed by atoms with van der Waals surface area (Å²) in [6, 6.07) is 1.34. The lowest BCUT2D eigenvalue weighted by atomic mass is 10.1. The van der Waals surface area contributed by atoms with Crippen LogP contribution in [0.3, 0.4) is 0 Å². The quantitative estimate of drug-likeness (QED) is 0.887. The fourth-order valence-electron chi connectivity index (χ4n) is 2.81. The van der Waals surface area contributed by atoms with Crippen LogP contribution >= 0.6 is 0 Å². The Balaban J connectivity index is 1.94. The van der Waals surface area contributed by atoms with E-state index in [1.165, 1.54) is 6.20 Å². The second-order valence-corrected chi connectivity index (χ2v) is 7.44. The first kappa shape index (κ1) is 14.8. The Morgan fingerprint density at radius 1 is 1.45 bits per heavy atom. The summed E-state index contributed by atoms with van der Waals surface area (Å²) in [5.41, 5.74) is 0.833. The van der Waals surface area contributed by atoms with E-state index in [4.69, 9.17) is 0 Å². The number of aromatic amines is 1. The Morgan fingerprint density at radius 3 is 2.86 bits per heavy atom. The van der Waals surface area contributed by atoms with E-state index in [9.17, 15) is 13.2 Å². The van der Waals surface area contributed by atoms with E-state index in [0.29, 0.717) is 24.4 Å². The number of sulfone groups is 1. The van der Waals surface area contributed by atoms with Gasteiger partial charge in [-0.2, -0.15) is 10.2 Å². The average molecular weight is 323 g/mol. The number of hydrogen-bond donors (Lipinski definition) is 1. The molecule has 1 aliphatic heterocycles. The highest BCUT2D eigenvalue weighted by molar-refractivity contribution is 7.90. The highest BCUT2D eigenvalue weighted by Crippen LogP contribution is 2.34. The smallest absolute Gasteiger partial charge is 0.274 e. The zero-order chi connectivity index (χ0) is 15.9. The van der Waals surface area contributed by atoms with Crippen LogP contribution in [0.1, 0.15) is 35.1 Å². The van der Waals surface area contributed by atoms with E-state index in [1.54, 1.807) is 28.9 Å². The molecule has 118 valence electrons. The van der Waals surface area contributed by atoms with Crippen LogP contribution < -0.4 is 0 Å². The topological polar surface area (TPSA) is 101 Å². The van der Waals surface area contributed by atoms with Crippen molar-refractivity contribution < 1.29 is 13.2 Å². The molecule has 2 aromatic rings. The molecule has 9 heteroatoms. The highest BCUT2D eigenvalue weighted by atomic mass is 32.2. The van der Waals surface area contributed by atoms with Gasteiger partial charge in [-0.05, 0) is 18.9 Å². The van der Waals surface area contributed by atoms with Crippen molar-refractivity contribution in [3.8, 4) is 0 Å². The maximum Gasteiger partial charge on any atom is 0.274 e. The fourth-order valence-corrected chi connectivity index (χ4v) is 3.63. The third-order valence-electron chi connectivity index (χ3n) is 3.81. The molecule has 1 N–H and O–H groups in total. The largest absolute Gasteiger partial charge is 0.329 e. The number of likely N-dealkylation sites (tertiary alicyclic amines) is 1. The Kier molecular flexibility index (Phi) is 3.51. The van der Waals surface area contributed by atoms with E-state index >= 15 is 0 Å². The van der Waals surface area contributed by atoms with Gasteiger partial charge in [-0.25, -0.2) is 8.42 Å². The van der Waals surface area contributed by atoms with Gasteiger partial charge < -0.3 is 4.90 Å². The lowest BCUT2D eigenvalue weighted by Crippen LogP contribution is -2.31. The molecule has 0 spiro atoms. The predicted octanol–water partition coefficient (Wildman–Crippen LogP) is 0.524. The second kappa shape index (κ2) is 5.24. The van der Waals surface area contributed by atoms with Crippen LogP contribution in [0.25, 0.3) is 0 Å². The Labute approximate surface area is 128 Å². The molecular weight excluding hydrogens is 306 g/mol. The molecule has 0 aromatic carbocycles. The third kappa shape index (κ3) is 2.52. The van der Waals surface area contributed by atoms with Crippen LogP contribution in [0, 0.1) is 0 Å². The molecule has 8 nitrogen and oxygen atoms in total. The molecule has 1 fully saturated rings. The number of amides is 1. The summed E-state index contributed by atoms with van der Waals surface area (Å²) in [6.45, 7) is 0.572. The van der Waals surface area contributed by atoms with Gasteiger partial charge in [0.15, 0.2) is 9.84 Å². The van der Waals surface area contributed by atoms with Crippen molar-refractivity contribution in [3.63, 3.8) is 0 Å². The number of nitrogens with one attached hydrogen (secondary N) is 1. The SMILES string of the molecule is Cn1ccc(C(=O)N2CCC[C@@H]2c2[nH]ncc2S(C)(=O)=O)n1. The number of aromatic nitrogens is 4. The lowest BCUT2D eigenvalue weighted by molar-refractivity contribution is 0.0724. The molecule has 1 saturated heterocycles. The molecule has 1 aliphatic rings.